The van der Waals surface area contributed by atoms with Gasteiger partial charge < -0.3 is 15.0 Å². The number of nitrogens with one attached hydrogen (secondary N) is 1. The number of likely N-dealkylation sites (N-methyl/N-ethyl adjacent to an activating group) is 1. The van der Waals surface area contributed by atoms with Gasteiger partial charge in [-0.25, -0.2) is 4.39 Å². The van der Waals surface area contributed by atoms with Crippen LogP contribution in [0.5, 0.6) is 5.75 Å². The van der Waals surface area contributed by atoms with Gasteiger partial charge in [-0.05, 0) is 32.5 Å². The van der Waals surface area contributed by atoms with Crippen LogP contribution in [-0.2, 0) is 4.79 Å². The second-order valence-corrected chi connectivity index (χ2v) is 6.40. The van der Waals surface area contributed by atoms with E-state index in [2.05, 4.69) is 29.1 Å². The zero-order valence-corrected chi connectivity index (χ0v) is 14.6. The zero-order chi connectivity index (χ0) is 17.4. The summed E-state index contributed by atoms with van der Waals surface area (Å²) in [6.07, 6.45) is 1.04. The molecule has 1 heterocycles. The van der Waals surface area contributed by atoms with Crippen molar-refractivity contribution in [2.45, 2.75) is 25.8 Å². The number of hydrogen-bond acceptors (Lipinski definition) is 4. The molecular weight excluding hydrogens is 309 g/mol. The number of benzene rings is 1. The minimum atomic E-state index is -0.317. The number of carbonyl (C=O) groups excluding carboxylic acids is 1. The summed E-state index contributed by atoms with van der Waals surface area (Å²) in [6.45, 7) is 7.49. The largest absolute Gasteiger partial charge is 0.493 e. The summed E-state index contributed by atoms with van der Waals surface area (Å²) in [4.78, 5) is 16.6. The molecule has 1 aliphatic rings. The van der Waals surface area contributed by atoms with Gasteiger partial charge in [0, 0.05) is 51.3 Å². The van der Waals surface area contributed by atoms with Crippen LogP contribution in [0.2, 0.25) is 0 Å². The SMILES string of the molecule is C[C@@H](CNC(=O)CCCOc1cccc(F)c1)N1CCN(C)CC1. The highest BCUT2D eigenvalue weighted by molar-refractivity contribution is 5.75. The molecule has 134 valence electrons. The minimum absolute atomic E-state index is 0.0406. The standard InChI is InChI=1S/C18H28FN3O2/c1-15(22-10-8-21(2)9-11-22)14-20-18(23)7-4-12-24-17-6-3-5-16(19)13-17/h3,5-6,13,15H,4,7-12,14H2,1-2H3,(H,20,23)/t15-/m0/s1. The smallest absolute Gasteiger partial charge is 0.220 e. The summed E-state index contributed by atoms with van der Waals surface area (Å²) in [5.41, 5.74) is 0. The molecule has 0 aliphatic carbocycles. The Bertz CT molecular complexity index is 519. The molecule has 1 aliphatic heterocycles. The van der Waals surface area contributed by atoms with Crippen LogP contribution in [0.15, 0.2) is 24.3 Å². The van der Waals surface area contributed by atoms with E-state index in [1.807, 2.05) is 0 Å². The number of piperazine rings is 1. The van der Waals surface area contributed by atoms with E-state index in [1.165, 1.54) is 12.1 Å². The number of halogens is 1. The number of hydrogen-bond donors (Lipinski definition) is 1. The van der Waals surface area contributed by atoms with Crippen LogP contribution < -0.4 is 10.1 Å². The third-order valence-corrected chi connectivity index (χ3v) is 4.37. The maximum absolute atomic E-state index is 13.0. The van der Waals surface area contributed by atoms with Crippen LogP contribution in [-0.4, -0.2) is 68.1 Å². The van der Waals surface area contributed by atoms with E-state index in [1.54, 1.807) is 12.1 Å². The van der Waals surface area contributed by atoms with Gasteiger partial charge in [-0.3, -0.25) is 9.69 Å². The van der Waals surface area contributed by atoms with Crippen molar-refractivity contribution >= 4 is 5.91 Å². The first-order chi connectivity index (χ1) is 11.5. The Hall–Kier alpha value is -1.66. The normalized spacial score (nSPS) is 17.5. The first-order valence-corrected chi connectivity index (χ1v) is 8.62. The summed E-state index contributed by atoms with van der Waals surface area (Å²) in [7, 11) is 2.13. The molecule has 1 saturated heterocycles. The van der Waals surface area contributed by atoms with Crippen LogP contribution >= 0.6 is 0 Å². The highest BCUT2D eigenvalue weighted by Crippen LogP contribution is 2.12. The molecule has 1 aromatic carbocycles. The van der Waals surface area contributed by atoms with E-state index in [9.17, 15) is 9.18 Å². The van der Waals surface area contributed by atoms with Crippen LogP contribution in [0.4, 0.5) is 4.39 Å². The van der Waals surface area contributed by atoms with Crippen LogP contribution in [0, 0.1) is 5.82 Å². The Morgan fingerprint density at radius 1 is 1.33 bits per heavy atom. The molecule has 2 rings (SSSR count). The van der Waals surface area contributed by atoms with Gasteiger partial charge in [0.05, 0.1) is 6.61 Å². The van der Waals surface area contributed by atoms with Crippen molar-refractivity contribution in [2.75, 3.05) is 46.4 Å². The quantitative estimate of drug-likeness (QED) is 0.734. The van der Waals surface area contributed by atoms with Crippen molar-refractivity contribution in [3.63, 3.8) is 0 Å². The van der Waals surface area contributed by atoms with E-state index < -0.39 is 0 Å². The molecule has 1 amide bonds. The van der Waals surface area contributed by atoms with Gasteiger partial charge in [-0.1, -0.05) is 6.07 Å². The van der Waals surface area contributed by atoms with Gasteiger partial charge in [-0.2, -0.15) is 0 Å². The Balaban J connectivity index is 1.56. The molecule has 6 heteroatoms. The predicted molar refractivity (Wildman–Crippen MR) is 92.7 cm³/mol. The summed E-state index contributed by atoms with van der Waals surface area (Å²) < 4.78 is 18.4. The molecule has 0 radical (unpaired) electrons. The first-order valence-electron chi connectivity index (χ1n) is 8.62. The second-order valence-electron chi connectivity index (χ2n) is 6.40. The topological polar surface area (TPSA) is 44.8 Å². The van der Waals surface area contributed by atoms with E-state index in [0.717, 1.165) is 26.2 Å². The van der Waals surface area contributed by atoms with Gasteiger partial charge in [-0.15, -0.1) is 0 Å². The van der Waals surface area contributed by atoms with Gasteiger partial charge >= 0.3 is 0 Å². The van der Waals surface area contributed by atoms with Crippen molar-refractivity contribution in [3.05, 3.63) is 30.1 Å². The van der Waals surface area contributed by atoms with Gasteiger partial charge in [0.25, 0.3) is 0 Å². The average molecular weight is 337 g/mol. The molecule has 24 heavy (non-hydrogen) atoms. The van der Waals surface area contributed by atoms with Crippen molar-refractivity contribution in [2.24, 2.45) is 0 Å². The fraction of sp³-hybridized carbons (Fsp3) is 0.611. The molecule has 0 spiro atoms. The van der Waals surface area contributed by atoms with Crippen molar-refractivity contribution in [3.8, 4) is 5.75 Å². The van der Waals surface area contributed by atoms with E-state index in [0.29, 0.717) is 37.8 Å². The van der Waals surface area contributed by atoms with Crippen molar-refractivity contribution in [1.29, 1.82) is 0 Å². The molecule has 0 aromatic heterocycles. The molecule has 5 nitrogen and oxygen atoms in total. The lowest BCUT2D eigenvalue weighted by Crippen LogP contribution is -2.51. The monoisotopic (exact) mass is 337 g/mol. The molecule has 0 bridgehead atoms. The van der Waals surface area contributed by atoms with Crippen molar-refractivity contribution < 1.29 is 13.9 Å². The number of nitrogens with zero attached hydrogens (tertiary/aromatic N) is 2. The number of carbonyl (C=O) groups is 1. The van der Waals surface area contributed by atoms with E-state index >= 15 is 0 Å². The molecule has 0 unspecified atom stereocenters. The summed E-state index contributed by atoms with van der Waals surface area (Å²) >= 11 is 0. The molecule has 1 aromatic rings. The Kier molecular flexibility index (Phi) is 7.46. The van der Waals surface area contributed by atoms with Crippen LogP contribution in [0.25, 0.3) is 0 Å². The molecule has 1 fully saturated rings. The van der Waals surface area contributed by atoms with Gasteiger partial charge in [0.15, 0.2) is 0 Å². The van der Waals surface area contributed by atoms with Crippen LogP contribution in [0.1, 0.15) is 19.8 Å². The fourth-order valence-corrected chi connectivity index (χ4v) is 2.72. The second kappa shape index (κ2) is 9.59. The third kappa shape index (κ3) is 6.45. The predicted octanol–water partition coefficient (Wildman–Crippen LogP) is 1.74. The molecule has 1 N–H and O–H groups in total. The zero-order valence-electron chi connectivity index (χ0n) is 14.6. The Morgan fingerprint density at radius 3 is 2.79 bits per heavy atom. The maximum Gasteiger partial charge on any atom is 0.220 e. The first kappa shape index (κ1) is 18.7. The van der Waals surface area contributed by atoms with Gasteiger partial charge in [0.1, 0.15) is 11.6 Å². The van der Waals surface area contributed by atoms with Gasteiger partial charge in [0.2, 0.25) is 5.91 Å². The number of rotatable bonds is 8. The molecule has 1 atom stereocenters. The summed E-state index contributed by atoms with van der Waals surface area (Å²) in [6, 6.07) is 6.39. The lowest BCUT2D eigenvalue weighted by molar-refractivity contribution is -0.121. The summed E-state index contributed by atoms with van der Waals surface area (Å²) in [5.74, 6) is 0.223. The minimum Gasteiger partial charge on any atom is -0.493 e. The fourth-order valence-electron chi connectivity index (χ4n) is 2.72. The average Bonchev–Trinajstić information content (AvgIpc) is 2.57. The number of amides is 1. The lowest BCUT2D eigenvalue weighted by atomic mass is 10.2. The maximum atomic E-state index is 13.0. The Labute approximate surface area is 143 Å². The van der Waals surface area contributed by atoms with Crippen molar-refractivity contribution in [1.82, 2.24) is 15.1 Å². The molecule has 0 saturated carbocycles. The summed E-state index contributed by atoms with van der Waals surface area (Å²) in [5, 5.41) is 2.99. The highest BCUT2D eigenvalue weighted by atomic mass is 19.1. The van der Waals surface area contributed by atoms with E-state index in [-0.39, 0.29) is 11.7 Å². The highest BCUT2D eigenvalue weighted by Gasteiger charge is 2.19. The molecular formula is C18H28FN3O2. The van der Waals surface area contributed by atoms with E-state index in [4.69, 9.17) is 4.74 Å². The number of ether oxygens (including phenoxy) is 1. The lowest BCUT2D eigenvalue weighted by Gasteiger charge is -2.36. The Morgan fingerprint density at radius 2 is 2.08 bits per heavy atom. The third-order valence-electron chi connectivity index (χ3n) is 4.37. The van der Waals surface area contributed by atoms with Crippen LogP contribution in [0.3, 0.4) is 0 Å².